The minimum atomic E-state index is -4.40. The summed E-state index contributed by atoms with van der Waals surface area (Å²) >= 11 is 5.80. The minimum absolute atomic E-state index is 0.148. The molecule has 0 fully saturated rings. The molecule has 102 valence electrons. The minimum Gasteiger partial charge on any atom is -0.236 e. The summed E-state index contributed by atoms with van der Waals surface area (Å²) in [5.41, 5.74) is 1.29. The summed E-state index contributed by atoms with van der Waals surface area (Å²) in [4.78, 5) is 7.53. The fourth-order valence-electron chi connectivity index (χ4n) is 2.05. The van der Waals surface area contributed by atoms with Crippen LogP contribution in [-0.2, 0) is 6.42 Å². The third-order valence-corrected chi connectivity index (χ3v) is 3.30. The predicted octanol–water partition coefficient (Wildman–Crippen LogP) is 4.59. The van der Waals surface area contributed by atoms with Gasteiger partial charge in [0.25, 0.3) is 0 Å². The van der Waals surface area contributed by atoms with E-state index >= 15 is 0 Å². The molecule has 2 nitrogen and oxygen atoms in total. The molecule has 0 bridgehead atoms. The maximum absolute atomic E-state index is 12.6. The zero-order valence-corrected chi connectivity index (χ0v) is 10.8. The van der Waals surface area contributed by atoms with Gasteiger partial charge in [0.05, 0.1) is 0 Å². The van der Waals surface area contributed by atoms with Gasteiger partial charge in [0.15, 0.2) is 5.82 Å². The van der Waals surface area contributed by atoms with Gasteiger partial charge in [0.2, 0.25) is 0 Å². The van der Waals surface area contributed by atoms with Crippen LogP contribution in [0.3, 0.4) is 0 Å². The molecule has 0 unspecified atom stereocenters. The van der Waals surface area contributed by atoms with Crippen molar-refractivity contribution < 1.29 is 13.2 Å². The fraction of sp³-hybridized carbons (Fsp3) is 0.143. The maximum atomic E-state index is 12.6. The van der Waals surface area contributed by atoms with Crippen molar-refractivity contribution in [2.45, 2.75) is 12.6 Å². The van der Waals surface area contributed by atoms with Gasteiger partial charge < -0.3 is 0 Å². The third kappa shape index (κ3) is 2.41. The monoisotopic (exact) mass is 296 g/mol. The lowest BCUT2D eigenvalue weighted by Crippen LogP contribution is -2.22. The number of hydrogen-bond donors (Lipinski definition) is 0. The second-order valence-electron chi connectivity index (χ2n) is 4.45. The maximum Gasteiger partial charge on any atom is 0.429 e. The Bertz CT molecular complexity index is 691. The number of hydrogen-bond acceptors (Lipinski definition) is 2. The van der Waals surface area contributed by atoms with Crippen molar-refractivity contribution in [3.05, 3.63) is 47.1 Å². The highest BCUT2D eigenvalue weighted by atomic mass is 35.5. The first-order chi connectivity index (χ1) is 9.43. The van der Waals surface area contributed by atoms with Crippen LogP contribution < -0.4 is 0 Å². The summed E-state index contributed by atoms with van der Waals surface area (Å²) in [5.74, 6) is 0.148. The van der Waals surface area contributed by atoms with Gasteiger partial charge in [-0.3, -0.25) is 0 Å². The van der Waals surface area contributed by atoms with E-state index in [9.17, 15) is 13.2 Å². The average molecular weight is 297 g/mol. The molecule has 0 atom stereocenters. The Morgan fingerprint density at radius 3 is 2.40 bits per heavy atom. The first-order valence-corrected chi connectivity index (χ1v) is 6.21. The van der Waals surface area contributed by atoms with Crippen LogP contribution in [0.4, 0.5) is 19.0 Å². The van der Waals surface area contributed by atoms with E-state index in [0.717, 1.165) is 11.1 Å². The van der Waals surface area contributed by atoms with Gasteiger partial charge in [0, 0.05) is 28.8 Å². The molecule has 2 heterocycles. The van der Waals surface area contributed by atoms with Crippen LogP contribution in [0.5, 0.6) is 0 Å². The molecule has 2 aromatic rings. The van der Waals surface area contributed by atoms with Crippen LogP contribution in [0.2, 0.25) is 5.02 Å². The lowest BCUT2D eigenvalue weighted by atomic mass is 10.0. The molecule has 0 N–H and O–H groups in total. The molecule has 0 aliphatic carbocycles. The number of fused-ring (bicyclic) bond motifs is 1. The largest absolute Gasteiger partial charge is 0.429 e. The number of alkyl halides is 3. The molecular formula is C14H8ClF3N2. The Hall–Kier alpha value is -1.88. The lowest BCUT2D eigenvalue weighted by molar-refractivity contribution is -0.0597. The molecule has 1 aromatic heterocycles. The number of aliphatic imine (C=N–C) groups is 1. The molecule has 0 saturated carbocycles. The Kier molecular flexibility index (Phi) is 3.01. The molecule has 3 rings (SSSR count). The number of rotatable bonds is 1. The van der Waals surface area contributed by atoms with E-state index in [4.69, 9.17) is 11.6 Å². The van der Waals surface area contributed by atoms with Gasteiger partial charge in [0.1, 0.15) is 5.71 Å². The van der Waals surface area contributed by atoms with Gasteiger partial charge >= 0.3 is 6.18 Å². The van der Waals surface area contributed by atoms with Gasteiger partial charge in [-0.25, -0.2) is 9.98 Å². The smallest absolute Gasteiger partial charge is 0.236 e. The molecular weight excluding hydrogens is 289 g/mol. The zero-order chi connectivity index (χ0) is 14.3. The van der Waals surface area contributed by atoms with Crippen LogP contribution in [0, 0.1) is 0 Å². The van der Waals surface area contributed by atoms with Crippen LogP contribution in [-0.4, -0.2) is 16.9 Å². The molecule has 1 aliphatic heterocycles. The van der Waals surface area contributed by atoms with E-state index < -0.39 is 11.9 Å². The Labute approximate surface area is 117 Å². The normalized spacial score (nSPS) is 14.1. The number of nitrogens with zero attached hydrogens (tertiary/aromatic N) is 2. The van der Waals surface area contributed by atoms with E-state index in [2.05, 4.69) is 9.98 Å². The van der Waals surface area contributed by atoms with Gasteiger partial charge in [-0.2, -0.15) is 13.2 Å². The number of pyridine rings is 1. The zero-order valence-electron chi connectivity index (χ0n) is 10.1. The quantitative estimate of drug-likeness (QED) is 0.755. The van der Waals surface area contributed by atoms with Crippen molar-refractivity contribution >= 4 is 23.1 Å². The molecule has 1 aromatic carbocycles. The molecule has 20 heavy (non-hydrogen) atoms. The van der Waals surface area contributed by atoms with Gasteiger partial charge in [-0.15, -0.1) is 0 Å². The second kappa shape index (κ2) is 4.59. The highest BCUT2D eigenvalue weighted by molar-refractivity contribution is 6.30. The summed E-state index contributed by atoms with van der Waals surface area (Å²) < 4.78 is 37.9. The van der Waals surface area contributed by atoms with E-state index in [1.807, 2.05) is 0 Å². The topological polar surface area (TPSA) is 25.2 Å². The molecule has 0 amide bonds. The molecule has 6 heteroatoms. The average Bonchev–Trinajstić information content (AvgIpc) is 2.82. The summed E-state index contributed by atoms with van der Waals surface area (Å²) in [6.07, 6.45) is -3.11. The fourth-order valence-corrected chi connectivity index (χ4v) is 2.17. The van der Waals surface area contributed by atoms with Crippen LogP contribution >= 0.6 is 11.6 Å². The van der Waals surface area contributed by atoms with Crippen LogP contribution in [0.15, 0.2) is 41.5 Å². The van der Waals surface area contributed by atoms with Crippen molar-refractivity contribution in [1.29, 1.82) is 0 Å². The summed E-state index contributed by atoms with van der Waals surface area (Å²) in [5, 5.41) is 0.602. The van der Waals surface area contributed by atoms with Gasteiger partial charge in [-0.05, 0) is 23.8 Å². The first kappa shape index (κ1) is 13.1. The molecule has 0 saturated heterocycles. The highest BCUT2D eigenvalue weighted by Crippen LogP contribution is 2.34. The lowest BCUT2D eigenvalue weighted by Gasteiger charge is -2.05. The number of benzene rings is 1. The number of aromatic nitrogens is 1. The first-order valence-electron chi connectivity index (χ1n) is 5.83. The van der Waals surface area contributed by atoms with Crippen LogP contribution in [0.1, 0.15) is 5.56 Å². The van der Waals surface area contributed by atoms with Crippen molar-refractivity contribution in [1.82, 2.24) is 4.98 Å². The van der Waals surface area contributed by atoms with Crippen molar-refractivity contribution in [2.75, 3.05) is 0 Å². The third-order valence-electron chi connectivity index (χ3n) is 3.05. The molecule has 0 spiro atoms. The summed E-state index contributed by atoms with van der Waals surface area (Å²) in [7, 11) is 0. The summed E-state index contributed by atoms with van der Waals surface area (Å²) in [6, 6.07) is 8.73. The molecule has 1 aliphatic rings. The Balaban J connectivity index is 1.94. The number of halogens is 4. The molecule has 0 radical (unpaired) electrons. The van der Waals surface area contributed by atoms with E-state index in [1.165, 1.54) is 6.20 Å². The van der Waals surface area contributed by atoms with Crippen molar-refractivity contribution in [2.24, 2.45) is 4.99 Å². The summed E-state index contributed by atoms with van der Waals surface area (Å²) in [6.45, 7) is 0. The second-order valence-corrected chi connectivity index (χ2v) is 4.88. The van der Waals surface area contributed by atoms with Crippen molar-refractivity contribution in [3.8, 4) is 11.1 Å². The standard InChI is InChI=1S/C14H8ClF3N2/c15-11-3-1-8(2-4-11)10-5-9-6-12(14(16,17)18)20-13(9)19-7-10/h1-5,7H,6H2. The van der Waals surface area contributed by atoms with Crippen LogP contribution in [0.25, 0.3) is 11.1 Å². The highest BCUT2D eigenvalue weighted by Gasteiger charge is 2.38. The van der Waals surface area contributed by atoms with Crippen molar-refractivity contribution in [3.63, 3.8) is 0 Å². The van der Waals surface area contributed by atoms with E-state index in [-0.39, 0.29) is 12.2 Å². The SMILES string of the molecule is FC(F)(F)C1=Nc2ncc(-c3ccc(Cl)cc3)cc2C1. The van der Waals surface area contributed by atoms with E-state index in [0.29, 0.717) is 10.6 Å². The predicted molar refractivity (Wildman–Crippen MR) is 71.5 cm³/mol. The Morgan fingerprint density at radius 1 is 1.05 bits per heavy atom. The Morgan fingerprint density at radius 2 is 1.75 bits per heavy atom. The van der Waals surface area contributed by atoms with E-state index in [1.54, 1.807) is 30.3 Å². The van der Waals surface area contributed by atoms with Gasteiger partial charge in [-0.1, -0.05) is 23.7 Å².